The van der Waals surface area contributed by atoms with Gasteiger partial charge < -0.3 is 0 Å². The first-order valence-electron chi connectivity index (χ1n) is 15.9. The number of hydrogen-bond acceptors (Lipinski definition) is 0. The molecule has 2 heteroatoms. The van der Waals surface area contributed by atoms with Crippen LogP contribution in [0.2, 0.25) is 5.04 Å². The van der Waals surface area contributed by atoms with Gasteiger partial charge >= 0.3 is 0 Å². The maximum Gasteiger partial charge on any atom is 0.220 e. The van der Waals surface area contributed by atoms with E-state index in [1.807, 2.05) is 0 Å². The maximum absolute atomic E-state index is 2.53. The smallest absolute Gasteiger partial charge is 0.200 e. The number of nitrogens with zero attached hydrogens (tertiary/aromatic N) is 1. The predicted octanol–water partition coefficient (Wildman–Crippen LogP) is 8.27. The Balaban J connectivity index is 1.59. The minimum absolute atomic E-state index is 0.0632. The molecule has 0 unspecified atom stereocenters. The van der Waals surface area contributed by atoms with Crippen LogP contribution in [0.25, 0.3) is 22.0 Å². The molecule has 4 aromatic carbocycles. The highest BCUT2D eigenvalue weighted by atomic mass is 28.3. The van der Waals surface area contributed by atoms with Crippen molar-refractivity contribution in [3.8, 4) is 11.3 Å². The summed E-state index contributed by atoms with van der Waals surface area (Å²) in [6.45, 7) is 12.0. The third-order valence-electron chi connectivity index (χ3n) is 10.1. The SMILES string of the molecule is Cc1cc(C2CCCCC2)cc(-c2c3ccc([Si](c4ccccc4)(c4ccccc4)C(C)(C)C)cc3cc[n+]2C)c1C. The summed E-state index contributed by atoms with van der Waals surface area (Å²) in [6.07, 6.45) is 9.03. The van der Waals surface area contributed by atoms with E-state index in [1.54, 1.807) is 0 Å². The van der Waals surface area contributed by atoms with Crippen LogP contribution in [0, 0.1) is 13.8 Å². The van der Waals surface area contributed by atoms with Crippen molar-refractivity contribution in [1.82, 2.24) is 0 Å². The van der Waals surface area contributed by atoms with Crippen molar-refractivity contribution >= 4 is 34.4 Å². The molecule has 0 atom stereocenters. The molecule has 0 saturated heterocycles. The van der Waals surface area contributed by atoms with Gasteiger partial charge in [0.05, 0.1) is 10.9 Å². The standard InChI is InChI=1S/C40H46NSi/c1-29-26-33(31-16-10-7-11-17-31)28-38(30(29)2)39-37-23-22-36(27-32(37)24-25-41(39)6)42(40(3,4)5,34-18-12-8-13-19-34)35-20-14-9-15-21-35/h8-9,12-15,18-28,31H,7,10-11,16-17H2,1-6H3/q+1. The van der Waals surface area contributed by atoms with Gasteiger partial charge in [0.25, 0.3) is 0 Å². The average Bonchev–Trinajstić information content (AvgIpc) is 3.00. The Kier molecular flexibility index (Phi) is 7.70. The van der Waals surface area contributed by atoms with Gasteiger partial charge in [0.1, 0.15) is 7.05 Å². The summed E-state index contributed by atoms with van der Waals surface area (Å²) in [5.74, 6) is 0.693. The van der Waals surface area contributed by atoms with Crippen molar-refractivity contribution in [3.05, 3.63) is 120 Å². The van der Waals surface area contributed by atoms with Crippen LogP contribution >= 0.6 is 0 Å². The molecule has 42 heavy (non-hydrogen) atoms. The Hall–Kier alpha value is -3.49. The Labute approximate surface area is 254 Å². The Bertz CT molecular complexity index is 1670. The molecule has 0 amide bonds. The number of pyridine rings is 1. The number of benzene rings is 4. The van der Waals surface area contributed by atoms with Gasteiger partial charge in [-0.25, -0.2) is 4.57 Å². The van der Waals surface area contributed by atoms with Crippen LogP contribution in [0.5, 0.6) is 0 Å². The molecule has 1 aliphatic rings. The lowest BCUT2D eigenvalue weighted by Crippen LogP contribution is -2.72. The summed E-state index contributed by atoms with van der Waals surface area (Å²) in [5.41, 5.74) is 7.07. The fraction of sp³-hybridized carbons (Fsp3) is 0.325. The van der Waals surface area contributed by atoms with Gasteiger partial charge in [0.15, 0.2) is 14.3 Å². The van der Waals surface area contributed by atoms with Crippen molar-refractivity contribution in [2.45, 2.75) is 77.7 Å². The first-order valence-corrected chi connectivity index (χ1v) is 17.9. The minimum Gasteiger partial charge on any atom is -0.200 e. The number of hydrogen-bond donors (Lipinski definition) is 0. The van der Waals surface area contributed by atoms with Crippen LogP contribution in [0.15, 0.2) is 103 Å². The minimum atomic E-state index is -2.41. The zero-order valence-electron chi connectivity index (χ0n) is 26.4. The second-order valence-electron chi connectivity index (χ2n) is 13.7. The lowest BCUT2D eigenvalue weighted by atomic mass is 9.81. The Morgan fingerprint density at radius 2 is 1.31 bits per heavy atom. The maximum atomic E-state index is 2.53. The van der Waals surface area contributed by atoms with E-state index in [2.05, 4.69) is 149 Å². The average molecular weight is 569 g/mol. The van der Waals surface area contributed by atoms with Gasteiger partial charge in [-0.05, 0) is 87.4 Å². The Morgan fingerprint density at radius 1 is 0.690 bits per heavy atom. The van der Waals surface area contributed by atoms with Crippen molar-refractivity contribution < 1.29 is 4.57 Å². The van der Waals surface area contributed by atoms with E-state index in [0.717, 1.165) is 0 Å². The summed E-state index contributed by atoms with van der Waals surface area (Å²) in [4.78, 5) is 0. The van der Waals surface area contributed by atoms with Gasteiger partial charge in [0.2, 0.25) is 5.69 Å². The second-order valence-corrected chi connectivity index (χ2v) is 18.4. The molecule has 0 spiro atoms. The van der Waals surface area contributed by atoms with Crippen LogP contribution in [0.4, 0.5) is 0 Å². The van der Waals surface area contributed by atoms with Gasteiger partial charge in [-0.15, -0.1) is 0 Å². The molecule has 1 nitrogen and oxygen atoms in total. The summed E-state index contributed by atoms with van der Waals surface area (Å²) in [5, 5.41) is 7.14. The second kappa shape index (κ2) is 11.3. The molecular formula is C40H46NSi+. The quantitative estimate of drug-likeness (QED) is 0.114. The Morgan fingerprint density at radius 3 is 1.90 bits per heavy atom. The van der Waals surface area contributed by atoms with E-state index >= 15 is 0 Å². The molecule has 0 N–H and O–H groups in total. The summed E-state index contributed by atoms with van der Waals surface area (Å²) in [6, 6.07) is 37.4. The van der Waals surface area contributed by atoms with E-state index in [4.69, 9.17) is 0 Å². The molecule has 1 fully saturated rings. The molecule has 5 aromatic rings. The van der Waals surface area contributed by atoms with Crippen LogP contribution in [-0.4, -0.2) is 8.07 Å². The van der Waals surface area contributed by atoms with E-state index in [1.165, 1.54) is 86.4 Å². The number of aromatic nitrogens is 1. The molecule has 1 aliphatic carbocycles. The lowest BCUT2D eigenvalue weighted by molar-refractivity contribution is -0.659. The third kappa shape index (κ3) is 4.84. The third-order valence-corrected chi connectivity index (χ3v) is 16.0. The topological polar surface area (TPSA) is 3.88 Å². The molecule has 0 aliphatic heterocycles. The highest BCUT2D eigenvalue weighted by molar-refractivity contribution is 7.13. The fourth-order valence-electron chi connectivity index (χ4n) is 7.92. The van der Waals surface area contributed by atoms with E-state index < -0.39 is 8.07 Å². The van der Waals surface area contributed by atoms with E-state index in [0.29, 0.717) is 5.92 Å². The first kappa shape index (κ1) is 28.6. The molecule has 1 heterocycles. The summed E-state index contributed by atoms with van der Waals surface area (Å²) < 4.78 is 2.34. The number of aryl methyl sites for hydroxylation is 2. The van der Waals surface area contributed by atoms with Gasteiger partial charge in [-0.1, -0.05) is 119 Å². The lowest BCUT2D eigenvalue weighted by Gasteiger charge is -2.44. The van der Waals surface area contributed by atoms with Crippen LogP contribution in [-0.2, 0) is 7.05 Å². The van der Waals surface area contributed by atoms with E-state index in [9.17, 15) is 0 Å². The molecule has 0 bridgehead atoms. The first-order chi connectivity index (χ1) is 20.2. The highest BCUT2D eigenvalue weighted by Crippen LogP contribution is 2.39. The van der Waals surface area contributed by atoms with Crippen molar-refractivity contribution in [1.29, 1.82) is 0 Å². The summed E-state index contributed by atoms with van der Waals surface area (Å²) in [7, 11) is -0.196. The van der Waals surface area contributed by atoms with Crippen LogP contribution in [0.1, 0.15) is 75.5 Å². The molecule has 0 radical (unpaired) electrons. The largest absolute Gasteiger partial charge is 0.220 e. The normalized spacial score (nSPS) is 14.8. The van der Waals surface area contributed by atoms with E-state index in [-0.39, 0.29) is 5.04 Å². The van der Waals surface area contributed by atoms with Gasteiger partial charge in [-0.3, -0.25) is 0 Å². The summed E-state index contributed by atoms with van der Waals surface area (Å²) >= 11 is 0. The molecule has 1 aromatic heterocycles. The molecule has 214 valence electrons. The van der Waals surface area contributed by atoms with Crippen LogP contribution in [0.3, 0.4) is 0 Å². The zero-order chi connectivity index (χ0) is 29.5. The monoisotopic (exact) mass is 568 g/mol. The van der Waals surface area contributed by atoms with Crippen molar-refractivity contribution in [3.63, 3.8) is 0 Å². The highest BCUT2D eigenvalue weighted by Gasteiger charge is 2.49. The fourth-order valence-corrected chi connectivity index (χ4v) is 13.6. The van der Waals surface area contributed by atoms with Gasteiger partial charge in [0, 0.05) is 6.07 Å². The molecule has 1 saturated carbocycles. The van der Waals surface area contributed by atoms with Crippen molar-refractivity contribution in [2.75, 3.05) is 0 Å². The van der Waals surface area contributed by atoms with Crippen LogP contribution < -0.4 is 20.1 Å². The number of rotatable bonds is 5. The molecule has 6 rings (SSSR count). The predicted molar refractivity (Wildman–Crippen MR) is 183 cm³/mol. The zero-order valence-corrected chi connectivity index (χ0v) is 27.4. The number of fused-ring (bicyclic) bond motifs is 1. The molecular weight excluding hydrogens is 523 g/mol. The van der Waals surface area contributed by atoms with Gasteiger partial charge in [-0.2, -0.15) is 0 Å². The van der Waals surface area contributed by atoms with Crippen molar-refractivity contribution in [2.24, 2.45) is 7.05 Å².